The van der Waals surface area contributed by atoms with E-state index in [2.05, 4.69) is 0 Å². The second-order valence-corrected chi connectivity index (χ2v) is 7.28. The zero-order valence-electron chi connectivity index (χ0n) is 16.8. The van der Waals surface area contributed by atoms with Crippen molar-refractivity contribution < 1.29 is 19.3 Å². The zero-order valence-corrected chi connectivity index (χ0v) is 16.8. The molecule has 0 aliphatic rings. The van der Waals surface area contributed by atoms with Crippen molar-refractivity contribution in [2.45, 2.75) is 26.1 Å². The molecule has 0 spiro atoms. The number of para-hydroxylation sites is 1. The van der Waals surface area contributed by atoms with Crippen LogP contribution in [0.25, 0.3) is 5.69 Å². The van der Waals surface area contributed by atoms with E-state index in [0.717, 1.165) is 11.3 Å². The molecule has 0 atom stereocenters. The lowest BCUT2D eigenvalue weighted by Crippen LogP contribution is -2.28. The highest BCUT2D eigenvalue weighted by molar-refractivity contribution is 5.49. The Morgan fingerprint density at radius 2 is 1.72 bits per heavy atom. The maximum Gasteiger partial charge on any atom is 0.255 e. The van der Waals surface area contributed by atoms with Crippen LogP contribution in [0, 0.1) is 0 Å². The Morgan fingerprint density at radius 3 is 2.38 bits per heavy atom. The summed E-state index contributed by atoms with van der Waals surface area (Å²) in [6.07, 6.45) is 1.71. The first-order valence-electron chi connectivity index (χ1n) is 9.29. The molecule has 0 radical (unpaired) electrons. The number of hydrogen-bond acceptors (Lipinski definition) is 5. The Hall–Kier alpha value is -3.25. The monoisotopic (exact) mass is 395 g/mol. The zero-order chi connectivity index (χ0) is 20.9. The summed E-state index contributed by atoms with van der Waals surface area (Å²) in [5, 5.41) is 9.83. The van der Waals surface area contributed by atoms with E-state index >= 15 is 0 Å². The van der Waals surface area contributed by atoms with Crippen molar-refractivity contribution in [1.29, 1.82) is 0 Å². The third kappa shape index (κ3) is 5.62. The van der Waals surface area contributed by atoms with Gasteiger partial charge in [0.25, 0.3) is 5.56 Å². The predicted octanol–water partition coefficient (Wildman–Crippen LogP) is 3.57. The molecule has 0 saturated carbocycles. The van der Waals surface area contributed by atoms with E-state index in [4.69, 9.17) is 14.2 Å². The fourth-order valence-corrected chi connectivity index (χ4v) is 2.69. The average molecular weight is 395 g/mol. The fraction of sp³-hybridized carbons (Fsp3) is 0.261. The molecule has 1 heterocycles. The van der Waals surface area contributed by atoms with Crippen molar-refractivity contribution >= 4 is 0 Å². The Kier molecular flexibility index (Phi) is 6.24. The highest BCUT2D eigenvalue weighted by atomic mass is 16.5. The van der Waals surface area contributed by atoms with Crippen molar-refractivity contribution in [2.75, 3.05) is 13.7 Å². The normalized spacial score (nSPS) is 11.2. The minimum absolute atomic E-state index is 0.124. The number of methoxy groups -OCH3 is 1. The lowest BCUT2D eigenvalue weighted by Gasteiger charge is -2.19. The van der Waals surface area contributed by atoms with Gasteiger partial charge in [-0.2, -0.15) is 0 Å². The molecule has 152 valence electrons. The quantitative estimate of drug-likeness (QED) is 0.631. The first-order chi connectivity index (χ1) is 13.9. The molecule has 2 aromatic carbocycles. The van der Waals surface area contributed by atoms with Crippen LogP contribution in [0.4, 0.5) is 0 Å². The van der Waals surface area contributed by atoms with E-state index in [1.165, 1.54) is 11.7 Å². The fourth-order valence-electron chi connectivity index (χ4n) is 2.69. The lowest BCUT2D eigenvalue weighted by atomic mass is 10.2. The van der Waals surface area contributed by atoms with Crippen molar-refractivity contribution in [3.63, 3.8) is 0 Å². The minimum Gasteiger partial charge on any atom is -0.493 e. The number of rotatable bonds is 8. The summed E-state index contributed by atoms with van der Waals surface area (Å²) in [6.45, 7) is 3.76. The molecule has 6 nitrogen and oxygen atoms in total. The van der Waals surface area contributed by atoms with Crippen LogP contribution in [0.3, 0.4) is 0 Å². The van der Waals surface area contributed by atoms with Crippen LogP contribution in [-0.2, 0) is 6.61 Å². The summed E-state index contributed by atoms with van der Waals surface area (Å²) in [4.78, 5) is 12.6. The van der Waals surface area contributed by atoms with E-state index in [-0.39, 0.29) is 12.2 Å². The molecule has 0 saturated heterocycles. The molecule has 1 N–H and O–H groups in total. The Balaban J connectivity index is 1.77. The van der Waals surface area contributed by atoms with Crippen molar-refractivity contribution in [3.05, 3.63) is 82.8 Å². The number of nitrogens with zero attached hydrogens (tertiary/aromatic N) is 1. The van der Waals surface area contributed by atoms with Gasteiger partial charge >= 0.3 is 0 Å². The summed E-state index contributed by atoms with van der Waals surface area (Å²) in [5.41, 5.74) is 0.301. The van der Waals surface area contributed by atoms with Gasteiger partial charge < -0.3 is 19.3 Å². The van der Waals surface area contributed by atoms with Crippen LogP contribution in [-0.4, -0.2) is 29.0 Å². The highest BCUT2D eigenvalue weighted by Crippen LogP contribution is 2.29. The third-order valence-electron chi connectivity index (χ3n) is 4.14. The van der Waals surface area contributed by atoms with E-state index in [1.54, 1.807) is 44.3 Å². The average Bonchev–Trinajstić information content (AvgIpc) is 2.71. The van der Waals surface area contributed by atoms with Crippen molar-refractivity contribution in [2.24, 2.45) is 0 Å². The topological polar surface area (TPSA) is 69.9 Å². The van der Waals surface area contributed by atoms with Gasteiger partial charge in [-0.25, -0.2) is 0 Å². The number of aromatic nitrogens is 1. The molecule has 0 unspecified atom stereocenters. The molecule has 1 aromatic heterocycles. The molecular weight excluding hydrogens is 370 g/mol. The SMILES string of the molecule is COc1cc(-n2ccc(COc3ccccc3)cc2=O)ccc1OCC(C)(C)O. The summed E-state index contributed by atoms with van der Waals surface area (Å²) in [7, 11) is 1.53. The van der Waals surface area contributed by atoms with Crippen LogP contribution < -0.4 is 19.8 Å². The minimum atomic E-state index is -0.960. The molecule has 0 aliphatic heterocycles. The number of hydrogen-bond donors (Lipinski definition) is 1. The van der Waals surface area contributed by atoms with Gasteiger partial charge in [-0.15, -0.1) is 0 Å². The highest BCUT2D eigenvalue weighted by Gasteiger charge is 2.16. The summed E-state index contributed by atoms with van der Waals surface area (Å²) >= 11 is 0. The second kappa shape index (κ2) is 8.84. The van der Waals surface area contributed by atoms with Gasteiger partial charge in [0.05, 0.1) is 18.4 Å². The molecule has 3 rings (SSSR count). The molecule has 3 aromatic rings. The maximum absolute atomic E-state index is 12.6. The van der Waals surface area contributed by atoms with Gasteiger partial charge in [0.1, 0.15) is 19.0 Å². The van der Waals surface area contributed by atoms with Crippen LogP contribution >= 0.6 is 0 Å². The van der Waals surface area contributed by atoms with Gasteiger partial charge in [0, 0.05) is 18.3 Å². The first kappa shape index (κ1) is 20.5. The van der Waals surface area contributed by atoms with E-state index in [1.807, 2.05) is 36.4 Å². The number of benzene rings is 2. The van der Waals surface area contributed by atoms with E-state index in [9.17, 15) is 9.90 Å². The summed E-state index contributed by atoms with van der Waals surface area (Å²) in [6, 6.07) is 18.1. The summed E-state index contributed by atoms with van der Waals surface area (Å²) < 4.78 is 18.2. The largest absolute Gasteiger partial charge is 0.493 e. The Bertz CT molecular complexity index is 1010. The van der Waals surface area contributed by atoms with Crippen LogP contribution in [0.2, 0.25) is 0 Å². The van der Waals surface area contributed by atoms with Gasteiger partial charge in [0.15, 0.2) is 11.5 Å². The van der Waals surface area contributed by atoms with Crippen LogP contribution in [0.5, 0.6) is 17.2 Å². The Labute approximate surface area is 169 Å². The van der Waals surface area contributed by atoms with Gasteiger partial charge in [-0.1, -0.05) is 18.2 Å². The van der Waals surface area contributed by atoms with Crippen LogP contribution in [0.1, 0.15) is 19.4 Å². The van der Waals surface area contributed by atoms with Crippen molar-refractivity contribution in [3.8, 4) is 22.9 Å². The third-order valence-corrected chi connectivity index (χ3v) is 4.14. The standard InChI is InChI=1S/C23H25NO5/c1-23(2,26)16-29-20-10-9-18(14-21(20)27-3)24-12-11-17(13-22(24)25)15-28-19-7-5-4-6-8-19/h4-14,26H,15-16H2,1-3H3. The number of aliphatic hydroxyl groups is 1. The molecule has 0 aliphatic carbocycles. The van der Waals surface area contributed by atoms with Crippen LogP contribution in [0.15, 0.2) is 71.7 Å². The summed E-state index contributed by atoms with van der Waals surface area (Å²) in [5.74, 6) is 1.73. The predicted molar refractivity (Wildman–Crippen MR) is 111 cm³/mol. The molecule has 29 heavy (non-hydrogen) atoms. The second-order valence-electron chi connectivity index (χ2n) is 7.28. The lowest BCUT2D eigenvalue weighted by molar-refractivity contribution is 0.0276. The smallest absolute Gasteiger partial charge is 0.255 e. The van der Waals surface area contributed by atoms with E-state index in [0.29, 0.717) is 23.8 Å². The van der Waals surface area contributed by atoms with Gasteiger partial charge in [-0.3, -0.25) is 9.36 Å². The molecule has 0 amide bonds. The number of ether oxygens (including phenoxy) is 3. The van der Waals surface area contributed by atoms with E-state index < -0.39 is 5.60 Å². The first-order valence-corrected chi connectivity index (χ1v) is 9.29. The maximum atomic E-state index is 12.6. The Morgan fingerprint density at radius 1 is 0.966 bits per heavy atom. The molecule has 0 fully saturated rings. The molecule has 0 bridgehead atoms. The van der Waals surface area contributed by atoms with Gasteiger partial charge in [-0.05, 0) is 49.7 Å². The molecular formula is C23H25NO5. The van der Waals surface area contributed by atoms with Crippen molar-refractivity contribution in [1.82, 2.24) is 4.57 Å². The molecule has 6 heteroatoms. The number of pyridine rings is 1. The van der Waals surface area contributed by atoms with Gasteiger partial charge in [0.2, 0.25) is 0 Å².